The number of nitrogens with zero attached hydrogens (tertiary/aromatic N) is 1. The predicted molar refractivity (Wildman–Crippen MR) is 98.1 cm³/mol. The number of sulfonamides is 1. The Hall–Kier alpha value is -2.29. The molecule has 0 aliphatic rings. The summed E-state index contributed by atoms with van der Waals surface area (Å²) in [6, 6.07) is 13.6. The zero-order valence-electron chi connectivity index (χ0n) is 13.5. The molecule has 1 heterocycles. The lowest BCUT2D eigenvalue weighted by molar-refractivity contribution is 0.0951. The maximum Gasteiger partial charge on any atom is 0.251 e. The van der Waals surface area contributed by atoms with Crippen LogP contribution in [0.25, 0.3) is 10.2 Å². The molecule has 0 atom stereocenters. The van der Waals surface area contributed by atoms with Gasteiger partial charge in [0.2, 0.25) is 10.0 Å². The van der Waals surface area contributed by atoms with Crippen LogP contribution in [0.2, 0.25) is 0 Å². The van der Waals surface area contributed by atoms with Gasteiger partial charge in [-0.1, -0.05) is 19.1 Å². The monoisotopic (exact) mass is 375 g/mol. The van der Waals surface area contributed by atoms with E-state index < -0.39 is 10.0 Å². The first-order valence-electron chi connectivity index (χ1n) is 7.72. The van der Waals surface area contributed by atoms with Gasteiger partial charge in [-0.15, -0.1) is 11.3 Å². The molecular formula is C17H17N3O3S2. The Labute approximate surface area is 150 Å². The topological polar surface area (TPSA) is 88.2 Å². The molecule has 130 valence electrons. The number of carbonyl (C=O) groups excluding carboxylic acids is 1. The summed E-state index contributed by atoms with van der Waals surface area (Å²) in [5, 5.41) is 3.62. The summed E-state index contributed by atoms with van der Waals surface area (Å²) in [4.78, 5) is 16.8. The van der Waals surface area contributed by atoms with E-state index in [1.54, 1.807) is 6.92 Å². The van der Waals surface area contributed by atoms with Crippen LogP contribution in [0.15, 0.2) is 53.4 Å². The highest BCUT2D eigenvalue weighted by molar-refractivity contribution is 7.89. The molecule has 0 saturated carbocycles. The van der Waals surface area contributed by atoms with Gasteiger partial charge in [-0.3, -0.25) is 4.79 Å². The lowest BCUT2D eigenvalue weighted by Crippen LogP contribution is -2.24. The summed E-state index contributed by atoms with van der Waals surface area (Å²) in [5.74, 6) is -0.272. The number of hydrogen-bond donors (Lipinski definition) is 2. The van der Waals surface area contributed by atoms with Crippen molar-refractivity contribution in [3.8, 4) is 0 Å². The van der Waals surface area contributed by atoms with Crippen LogP contribution in [-0.2, 0) is 16.6 Å². The van der Waals surface area contributed by atoms with Gasteiger partial charge in [0.1, 0.15) is 5.01 Å². The Bertz CT molecular complexity index is 962. The van der Waals surface area contributed by atoms with Crippen molar-refractivity contribution >= 4 is 37.5 Å². The number of amides is 1. The fourth-order valence-electron chi connectivity index (χ4n) is 2.31. The van der Waals surface area contributed by atoms with E-state index in [0.717, 1.165) is 15.2 Å². The molecule has 0 unspecified atom stereocenters. The minimum Gasteiger partial charge on any atom is -0.346 e. The highest BCUT2D eigenvalue weighted by Gasteiger charge is 2.14. The zero-order valence-corrected chi connectivity index (χ0v) is 15.2. The maximum absolute atomic E-state index is 12.2. The summed E-state index contributed by atoms with van der Waals surface area (Å²) in [6.07, 6.45) is 0. The Morgan fingerprint density at radius 3 is 2.52 bits per heavy atom. The third-order valence-electron chi connectivity index (χ3n) is 3.50. The first-order valence-corrected chi connectivity index (χ1v) is 10.0. The standard InChI is InChI=1S/C17H17N3O3S2/c1-2-19-25(22,23)13-9-7-12(8-10-13)17(21)18-11-16-20-14-5-3-4-6-15(14)24-16/h3-10,19H,2,11H2,1H3,(H,18,21). The normalized spacial score (nSPS) is 11.6. The number of benzene rings is 2. The van der Waals surface area contributed by atoms with Crippen LogP contribution in [0.1, 0.15) is 22.3 Å². The first kappa shape index (κ1) is 17.5. The van der Waals surface area contributed by atoms with E-state index in [4.69, 9.17) is 0 Å². The van der Waals surface area contributed by atoms with Crippen LogP contribution in [0.5, 0.6) is 0 Å². The van der Waals surface area contributed by atoms with Crippen LogP contribution in [0, 0.1) is 0 Å². The summed E-state index contributed by atoms with van der Waals surface area (Å²) in [6.45, 7) is 2.35. The number of thiazole rings is 1. The van der Waals surface area contributed by atoms with Gasteiger partial charge in [-0.05, 0) is 36.4 Å². The molecule has 0 spiro atoms. The van der Waals surface area contributed by atoms with Crippen molar-refractivity contribution in [2.45, 2.75) is 18.4 Å². The van der Waals surface area contributed by atoms with Gasteiger partial charge in [0, 0.05) is 12.1 Å². The van der Waals surface area contributed by atoms with E-state index in [1.165, 1.54) is 35.6 Å². The van der Waals surface area contributed by atoms with Crippen molar-refractivity contribution in [3.05, 3.63) is 59.1 Å². The van der Waals surface area contributed by atoms with Gasteiger partial charge < -0.3 is 5.32 Å². The summed E-state index contributed by atoms with van der Waals surface area (Å²) < 4.78 is 27.3. The molecule has 8 heteroatoms. The average Bonchev–Trinajstić information content (AvgIpc) is 3.02. The molecule has 1 aromatic heterocycles. The molecule has 3 aromatic rings. The third-order valence-corrected chi connectivity index (χ3v) is 6.10. The molecule has 0 aliphatic heterocycles. The van der Waals surface area contributed by atoms with E-state index in [0.29, 0.717) is 18.7 Å². The second-order valence-electron chi connectivity index (χ2n) is 5.28. The minimum atomic E-state index is -3.51. The maximum atomic E-state index is 12.2. The van der Waals surface area contributed by atoms with Gasteiger partial charge >= 0.3 is 0 Å². The van der Waals surface area contributed by atoms with Crippen molar-refractivity contribution in [2.75, 3.05) is 6.54 Å². The van der Waals surface area contributed by atoms with E-state index >= 15 is 0 Å². The lowest BCUT2D eigenvalue weighted by atomic mass is 10.2. The summed E-state index contributed by atoms with van der Waals surface area (Å²) in [5.41, 5.74) is 1.31. The van der Waals surface area contributed by atoms with Crippen LogP contribution < -0.4 is 10.0 Å². The van der Waals surface area contributed by atoms with E-state index in [2.05, 4.69) is 15.0 Å². The van der Waals surface area contributed by atoms with Crippen molar-refractivity contribution in [3.63, 3.8) is 0 Å². The number of hydrogen-bond acceptors (Lipinski definition) is 5. The van der Waals surface area contributed by atoms with Crippen molar-refractivity contribution in [2.24, 2.45) is 0 Å². The summed E-state index contributed by atoms with van der Waals surface area (Å²) >= 11 is 1.53. The molecule has 0 bridgehead atoms. The van der Waals surface area contributed by atoms with E-state index in [-0.39, 0.29) is 10.8 Å². The molecule has 1 amide bonds. The molecular weight excluding hydrogens is 358 g/mol. The van der Waals surface area contributed by atoms with Gasteiger partial charge in [0.25, 0.3) is 5.91 Å². The molecule has 3 rings (SSSR count). The molecule has 25 heavy (non-hydrogen) atoms. The smallest absolute Gasteiger partial charge is 0.251 e. The average molecular weight is 375 g/mol. The van der Waals surface area contributed by atoms with Gasteiger partial charge in [-0.25, -0.2) is 18.1 Å². The number of aromatic nitrogens is 1. The number of rotatable bonds is 6. The lowest BCUT2D eigenvalue weighted by Gasteiger charge is -2.06. The van der Waals surface area contributed by atoms with E-state index in [1.807, 2.05) is 24.3 Å². The van der Waals surface area contributed by atoms with Crippen LogP contribution >= 0.6 is 11.3 Å². The highest BCUT2D eigenvalue weighted by Crippen LogP contribution is 2.21. The number of nitrogens with one attached hydrogen (secondary N) is 2. The third kappa shape index (κ3) is 4.04. The second-order valence-corrected chi connectivity index (χ2v) is 8.17. The summed E-state index contributed by atoms with van der Waals surface area (Å²) in [7, 11) is -3.51. The fraction of sp³-hybridized carbons (Fsp3) is 0.176. The number of fused-ring (bicyclic) bond motifs is 1. The minimum absolute atomic E-state index is 0.136. The van der Waals surface area contributed by atoms with Crippen LogP contribution in [0.3, 0.4) is 0 Å². The molecule has 0 aliphatic carbocycles. The SMILES string of the molecule is CCNS(=O)(=O)c1ccc(C(=O)NCc2nc3ccccc3s2)cc1. The van der Waals surface area contributed by atoms with Gasteiger partial charge in [0.15, 0.2) is 0 Å². The molecule has 2 N–H and O–H groups in total. The first-order chi connectivity index (χ1) is 12.0. The Kier molecular flexibility index (Phi) is 5.12. The highest BCUT2D eigenvalue weighted by atomic mass is 32.2. The van der Waals surface area contributed by atoms with Crippen molar-refractivity contribution < 1.29 is 13.2 Å². The number of para-hydroxylation sites is 1. The fourth-order valence-corrected chi connectivity index (χ4v) is 4.26. The van der Waals surface area contributed by atoms with Crippen LogP contribution in [0.4, 0.5) is 0 Å². The Morgan fingerprint density at radius 2 is 1.84 bits per heavy atom. The molecule has 6 nitrogen and oxygen atoms in total. The van der Waals surface area contributed by atoms with Gasteiger partial charge in [-0.2, -0.15) is 0 Å². The Balaban J connectivity index is 1.67. The molecule has 0 radical (unpaired) electrons. The van der Waals surface area contributed by atoms with E-state index in [9.17, 15) is 13.2 Å². The predicted octanol–water partition coefficient (Wildman–Crippen LogP) is 2.52. The largest absolute Gasteiger partial charge is 0.346 e. The van der Waals surface area contributed by atoms with Crippen molar-refractivity contribution in [1.82, 2.24) is 15.0 Å². The molecule has 0 saturated heterocycles. The van der Waals surface area contributed by atoms with Crippen molar-refractivity contribution in [1.29, 1.82) is 0 Å². The molecule has 0 fully saturated rings. The number of carbonyl (C=O) groups is 1. The molecule has 2 aromatic carbocycles. The van der Waals surface area contributed by atoms with Crippen LogP contribution in [-0.4, -0.2) is 25.9 Å². The Morgan fingerprint density at radius 1 is 1.12 bits per heavy atom. The van der Waals surface area contributed by atoms with Gasteiger partial charge in [0.05, 0.1) is 21.7 Å². The quantitative estimate of drug-likeness (QED) is 0.693. The zero-order chi connectivity index (χ0) is 17.9. The second kappa shape index (κ2) is 7.30.